The summed E-state index contributed by atoms with van der Waals surface area (Å²) in [4.78, 5) is 12.0. The molecule has 0 aliphatic carbocycles. The van der Waals surface area contributed by atoms with Crippen LogP contribution in [0.4, 0.5) is 5.69 Å². The first-order valence-corrected chi connectivity index (χ1v) is 7.98. The lowest BCUT2D eigenvalue weighted by Gasteiger charge is -2.07. The number of carbonyl (C=O) groups is 1. The van der Waals surface area contributed by atoms with Crippen molar-refractivity contribution < 1.29 is 4.79 Å². The van der Waals surface area contributed by atoms with Crippen molar-refractivity contribution in [1.29, 1.82) is 0 Å². The second kappa shape index (κ2) is 6.77. The maximum atomic E-state index is 12.0. The number of thioether (sulfide) groups is 1. The van der Waals surface area contributed by atoms with Gasteiger partial charge < -0.3 is 5.32 Å². The Kier molecular flexibility index (Phi) is 4.56. The van der Waals surface area contributed by atoms with Gasteiger partial charge in [-0.1, -0.05) is 59.8 Å². The Morgan fingerprint density at radius 2 is 1.91 bits per heavy atom. The standard InChI is InChI=1S/C16H12ClN3OS/c17-13-7-3-4-8-14(13)19-15(21)10-22-16-12-6-2-1-5-11(12)9-18-20-16/h1-9H,10H2,(H,19,21). The van der Waals surface area contributed by atoms with E-state index in [0.29, 0.717) is 10.7 Å². The number of nitrogens with zero attached hydrogens (tertiary/aromatic N) is 2. The zero-order valence-electron chi connectivity index (χ0n) is 11.5. The zero-order valence-corrected chi connectivity index (χ0v) is 13.1. The number of rotatable bonds is 4. The van der Waals surface area contributed by atoms with E-state index in [9.17, 15) is 4.79 Å². The van der Waals surface area contributed by atoms with E-state index in [-0.39, 0.29) is 11.7 Å². The van der Waals surface area contributed by atoms with Crippen molar-refractivity contribution in [3.63, 3.8) is 0 Å². The Hall–Kier alpha value is -2.11. The van der Waals surface area contributed by atoms with Gasteiger partial charge in [0.1, 0.15) is 5.03 Å². The molecule has 22 heavy (non-hydrogen) atoms. The number of hydrogen-bond acceptors (Lipinski definition) is 4. The summed E-state index contributed by atoms with van der Waals surface area (Å²) in [7, 11) is 0. The molecule has 0 radical (unpaired) electrons. The fourth-order valence-electron chi connectivity index (χ4n) is 1.99. The quantitative estimate of drug-likeness (QED) is 0.735. The molecule has 0 bridgehead atoms. The molecule has 0 atom stereocenters. The molecule has 3 aromatic rings. The third kappa shape index (κ3) is 3.37. The summed E-state index contributed by atoms with van der Waals surface area (Å²) in [5.74, 6) is 0.112. The predicted molar refractivity (Wildman–Crippen MR) is 90.3 cm³/mol. The highest BCUT2D eigenvalue weighted by atomic mass is 35.5. The van der Waals surface area contributed by atoms with Crippen molar-refractivity contribution in [3.05, 3.63) is 59.8 Å². The van der Waals surface area contributed by atoms with Gasteiger partial charge in [-0.15, -0.1) is 5.10 Å². The first-order valence-electron chi connectivity index (χ1n) is 6.61. The average Bonchev–Trinajstić information content (AvgIpc) is 2.55. The first kappa shape index (κ1) is 14.8. The number of nitrogens with one attached hydrogen (secondary N) is 1. The lowest BCUT2D eigenvalue weighted by Crippen LogP contribution is -2.14. The summed E-state index contributed by atoms with van der Waals surface area (Å²) in [6.07, 6.45) is 1.71. The van der Waals surface area contributed by atoms with Crippen LogP contribution in [0.15, 0.2) is 59.8 Å². The predicted octanol–water partition coefficient (Wildman–Crippen LogP) is 4.01. The molecular weight excluding hydrogens is 318 g/mol. The van der Waals surface area contributed by atoms with Crippen LogP contribution in [0, 0.1) is 0 Å². The SMILES string of the molecule is O=C(CSc1nncc2ccccc12)Nc1ccccc1Cl. The molecule has 110 valence electrons. The van der Waals surface area contributed by atoms with Gasteiger partial charge in [0.2, 0.25) is 5.91 Å². The second-order valence-corrected chi connectivity index (χ2v) is 5.92. The highest BCUT2D eigenvalue weighted by Gasteiger charge is 2.09. The summed E-state index contributed by atoms with van der Waals surface area (Å²) in [5.41, 5.74) is 0.610. The molecule has 0 saturated heterocycles. The van der Waals surface area contributed by atoms with Crippen LogP contribution >= 0.6 is 23.4 Å². The molecule has 1 aromatic heterocycles. The van der Waals surface area contributed by atoms with Crippen LogP contribution in [-0.2, 0) is 4.79 Å². The highest BCUT2D eigenvalue weighted by Crippen LogP contribution is 2.25. The van der Waals surface area contributed by atoms with Crippen LogP contribution in [-0.4, -0.2) is 21.9 Å². The van der Waals surface area contributed by atoms with E-state index in [0.717, 1.165) is 15.8 Å². The molecule has 0 aliphatic rings. The fraction of sp³-hybridized carbons (Fsp3) is 0.0625. The molecule has 1 heterocycles. The molecule has 6 heteroatoms. The van der Waals surface area contributed by atoms with Gasteiger partial charge in [0, 0.05) is 10.8 Å². The first-order chi connectivity index (χ1) is 10.7. The van der Waals surface area contributed by atoms with Gasteiger partial charge in [-0.2, -0.15) is 5.10 Å². The molecular formula is C16H12ClN3OS. The summed E-state index contributed by atoms with van der Waals surface area (Å²) < 4.78 is 0. The lowest BCUT2D eigenvalue weighted by atomic mass is 10.2. The Labute approximate surface area is 136 Å². The van der Waals surface area contributed by atoms with Crippen LogP contribution < -0.4 is 5.32 Å². The molecule has 0 aliphatic heterocycles. The van der Waals surface area contributed by atoms with Gasteiger partial charge in [-0.05, 0) is 12.1 Å². The van der Waals surface area contributed by atoms with E-state index < -0.39 is 0 Å². The van der Waals surface area contributed by atoms with Crippen LogP contribution in [0.5, 0.6) is 0 Å². The minimum absolute atomic E-state index is 0.132. The molecule has 0 saturated carbocycles. The molecule has 3 rings (SSSR count). The van der Waals surface area contributed by atoms with Gasteiger partial charge in [-0.3, -0.25) is 4.79 Å². The summed E-state index contributed by atoms with van der Waals surface area (Å²) in [6.45, 7) is 0. The molecule has 2 aromatic carbocycles. The monoisotopic (exact) mass is 329 g/mol. The number of hydrogen-bond donors (Lipinski definition) is 1. The molecule has 0 unspecified atom stereocenters. The van der Waals surface area contributed by atoms with Gasteiger partial charge in [0.05, 0.1) is 22.7 Å². The molecule has 4 nitrogen and oxygen atoms in total. The summed E-state index contributed by atoms with van der Waals surface area (Å²) in [5, 5.41) is 14.1. The number of para-hydroxylation sites is 1. The minimum Gasteiger partial charge on any atom is -0.324 e. The summed E-state index contributed by atoms with van der Waals surface area (Å²) >= 11 is 7.37. The van der Waals surface area contributed by atoms with Crippen molar-refractivity contribution in [1.82, 2.24) is 10.2 Å². The Balaban J connectivity index is 1.69. The number of halogens is 1. The van der Waals surface area contributed by atoms with E-state index in [1.54, 1.807) is 18.3 Å². The van der Waals surface area contributed by atoms with E-state index in [4.69, 9.17) is 11.6 Å². The zero-order chi connectivity index (χ0) is 15.4. The molecule has 0 spiro atoms. The van der Waals surface area contributed by atoms with Crippen molar-refractivity contribution in [2.45, 2.75) is 5.03 Å². The third-order valence-electron chi connectivity index (χ3n) is 3.02. The van der Waals surface area contributed by atoms with Gasteiger partial charge >= 0.3 is 0 Å². The van der Waals surface area contributed by atoms with Crippen LogP contribution in [0.3, 0.4) is 0 Å². The third-order valence-corrected chi connectivity index (χ3v) is 4.34. The Morgan fingerprint density at radius 1 is 1.14 bits per heavy atom. The Morgan fingerprint density at radius 3 is 2.77 bits per heavy atom. The van der Waals surface area contributed by atoms with Crippen LogP contribution in [0.1, 0.15) is 0 Å². The second-order valence-electron chi connectivity index (χ2n) is 4.55. The fourth-order valence-corrected chi connectivity index (χ4v) is 2.96. The molecule has 1 N–H and O–H groups in total. The minimum atomic E-state index is -0.132. The smallest absolute Gasteiger partial charge is 0.234 e. The van der Waals surface area contributed by atoms with Crippen molar-refractivity contribution in [2.75, 3.05) is 11.1 Å². The van der Waals surface area contributed by atoms with Crippen molar-refractivity contribution >= 4 is 45.7 Å². The molecule has 1 amide bonds. The van der Waals surface area contributed by atoms with E-state index >= 15 is 0 Å². The topological polar surface area (TPSA) is 54.9 Å². The number of carbonyl (C=O) groups excluding carboxylic acids is 1. The van der Waals surface area contributed by atoms with Crippen molar-refractivity contribution in [2.24, 2.45) is 0 Å². The Bertz CT molecular complexity index is 820. The summed E-state index contributed by atoms with van der Waals surface area (Å²) in [6, 6.07) is 15.0. The van der Waals surface area contributed by atoms with Crippen LogP contribution in [0.2, 0.25) is 5.02 Å². The number of fused-ring (bicyclic) bond motifs is 1. The van der Waals surface area contributed by atoms with Crippen molar-refractivity contribution in [3.8, 4) is 0 Å². The maximum absolute atomic E-state index is 12.0. The number of benzene rings is 2. The van der Waals surface area contributed by atoms with Gasteiger partial charge in [0.15, 0.2) is 0 Å². The number of amides is 1. The molecule has 0 fully saturated rings. The largest absolute Gasteiger partial charge is 0.324 e. The van der Waals surface area contributed by atoms with Gasteiger partial charge in [-0.25, -0.2) is 0 Å². The number of aromatic nitrogens is 2. The maximum Gasteiger partial charge on any atom is 0.234 e. The number of anilines is 1. The normalized spacial score (nSPS) is 10.6. The lowest BCUT2D eigenvalue weighted by molar-refractivity contribution is -0.113. The van der Waals surface area contributed by atoms with E-state index in [1.165, 1.54) is 11.8 Å². The highest BCUT2D eigenvalue weighted by molar-refractivity contribution is 8.00. The van der Waals surface area contributed by atoms with E-state index in [2.05, 4.69) is 15.5 Å². The van der Waals surface area contributed by atoms with E-state index in [1.807, 2.05) is 36.4 Å². The van der Waals surface area contributed by atoms with Crippen LogP contribution in [0.25, 0.3) is 10.8 Å². The van der Waals surface area contributed by atoms with Gasteiger partial charge in [0.25, 0.3) is 0 Å². The average molecular weight is 330 g/mol.